The number of hydrogen-bond acceptors (Lipinski definition) is 4. The minimum Gasteiger partial charge on any atom is -0.373 e. The van der Waals surface area contributed by atoms with Gasteiger partial charge < -0.3 is 13.3 Å². The zero-order chi connectivity index (χ0) is 13.5. The molecular formula is C11H26ClNO3Si. The standard InChI is InChI=1S/C11H26ClNO3Si/c1-7-11(12)17(14-8-2,15-9-3)16-10(4)13(5)6/h10-11H,7-9H2,1-6H3. The van der Waals surface area contributed by atoms with E-state index in [2.05, 4.69) is 0 Å². The topological polar surface area (TPSA) is 30.9 Å². The highest BCUT2D eigenvalue weighted by Crippen LogP contribution is 2.24. The fourth-order valence-electron chi connectivity index (χ4n) is 1.36. The van der Waals surface area contributed by atoms with E-state index in [1.54, 1.807) is 0 Å². The fourth-order valence-corrected chi connectivity index (χ4v) is 4.61. The molecule has 0 radical (unpaired) electrons. The zero-order valence-corrected chi connectivity index (χ0v) is 13.6. The molecule has 0 saturated carbocycles. The molecule has 17 heavy (non-hydrogen) atoms. The summed E-state index contributed by atoms with van der Waals surface area (Å²) in [7, 11) is 1.11. The third kappa shape index (κ3) is 5.24. The van der Waals surface area contributed by atoms with Crippen LogP contribution in [0, 0.1) is 0 Å². The molecule has 0 aliphatic carbocycles. The molecule has 0 aliphatic heterocycles. The number of halogens is 1. The lowest BCUT2D eigenvalue weighted by Gasteiger charge is -2.36. The monoisotopic (exact) mass is 283 g/mol. The second-order valence-corrected chi connectivity index (χ2v) is 7.64. The Balaban J connectivity index is 4.88. The Morgan fingerprint density at radius 2 is 1.59 bits per heavy atom. The first-order valence-electron chi connectivity index (χ1n) is 6.19. The first kappa shape index (κ1) is 17.3. The van der Waals surface area contributed by atoms with E-state index < -0.39 is 8.80 Å². The van der Waals surface area contributed by atoms with Crippen molar-refractivity contribution >= 4 is 20.4 Å². The van der Waals surface area contributed by atoms with Crippen LogP contribution < -0.4 is 0 Å². The van der Waals surface area contributed by atoms with Gasteiger partial charge in [0.05, 0.1) is 0 Å². The van der Waals surface area contributed by atoms with E-state index in [0.29, 0.717) is 13.2 Å². The second-order valence-electron chi connectivity index (χ2n) is 4.03. The maximum atomic E-state index is 6.36. The van der Waals surface area contributed by atoms with Gasteiger partial charge in [-0.3, -0.25) is 4.90 Å². The maximum Gasteiger partial charge on any atom is 0.520 e. The highest BCUT2D eigenvalue weighted by Gasteiger charge is 2.49. The third-order valence-electron chi connectivity index (χ3n) is 2.50. The smallest absolute Gasteiger partial charge is 0.373 e. The molecule has 0 bridgehead atoms. The summed E-state index contributed by atoms with van der Waals surface area (Å²) in [4.78, 5) is 1.97. The molecular weight excluding hydrogens is 258 g/mol. The highest BCUT2D eigenvalue weighted by atomic mass is 35.5. The van der Waals surface area contributed by atoms with Gasteiger partial charge >= 0.3 is 8.80 Å². The van der Waals surface area contributed by atoms with E-state index in [1.807, 2.05) is 46.7 Å². The van der Waals surface area contributed by atoms with Crippen molar-refractivity contribution in [1.29, 1.82) is 0 Å². The summed E-state index contributed by atoms with van der Waals surface area (Å²) >= 11 is 6.36. The number of nitrogens with zero attached hydrogens (tertiary/aromatic N) is 1. The van der Waals surface area contributed by atoms with Crippen LogP contribution in [-0.2, 0) is 13.3 Å². The Kier molecular flexibility index (Phi) is 8.62. The normalized spacial score (nSPS) is 16.2. The van der Waals surface area contributed by atoms with E-state index >= 15 is 0 Å². The van der Waals surface area contributed by atoms with Crippen LogP contribution in [0.25, 0.3) is 0 Å². The largest absolute Gasteiger partial charge is 0.520 e. The van der Waals surface area contributed by atoms with Crippen molar-refractivity contribution in [2.75, 3.05) is 27.3 Å². The van der Waals surface area contributed by atoms with Crippen LogP contribution in [0.15, 0.2) is 0 Å². The molecule has 0 rings (SSSR count). The SMILES string of the molecule is CCO[Si](OCC)(OC(C)N(C)C)C(Cl)CC. The molecule has 0 heterocycles. The number of alkyl halides is 1. The Labute approximate surface area is 112 Å². The molecule has 0 aromatic carbocycles. The zero-order valence-electron chi connectivity index (χ0n) is 11.8. The molecule has 6 heteroatoms. The van der Waals surface area contributed by atoms with Crippen molar-refractivity contribution in [3.05, 3.63) is 0 Å². The van der Waals surface area contributed by atoms with Crippen LogP contribution in [0.3, 0.4) is 0 Å². The van der Waals surface area contributed by atoms with Gasteiger partial charge in [0.25, 0.3) is 0 Å². The van der Waals surface area contributed by atoms with Crippen LogP contribution in [0.1, 0.15) is 34.1 Å². The Bertz CT molecular complexity index is 201. The molecule has 0 spiro atoms. The van der Waals surface area contributed by atoms with Crippen molar-refractivity contribution in [2.45, 2.75) is 45.3 Å². The van der Waals surface area contributed by atoms with Gasteiger partial charge in [-0.1, -0.05) is 6.92 Å². The molecule has 4 nitrogen and oxygen atoms in total. The molecule has 2 atom stereocenters. The summed E-state index contributed by atoms with van der Waals surface area (Å²) in [5, 5.41) is -0.204. The van der Waals surface area contributed by atoms with Crippen molar-refractivity contribution in [2.24, 2.45) is 0 Å². The van der Waals surface area contributed by atoms with Gasteiger partial charge in [0.2, 0.25) is 0 Å². The van der Waals surface area contributed by atoms with E-state index in [4.69, 9.17) is 24.9 Å². The lowest BCUT2D eigenvalue weighted by molar-refractivity contribution is -0.0164. The Morgan fingerprint density at radius 1 is 1.12 bits per heavy atom. The first-order chi connectivity index (χ1) is 7.93. The summed E-state index contributed by atoms with van der Waals surface area (Å²) in [6, 6.07) is 0. The molecule has 0 aromatic rings. The summed E-state index contributed by atoms with van der Waals surface area (Å²) in [6.07, 6.45) is 0.695. The number of hydrogen-bond donors (Lipinski definition) is 0. The van der Waals surface area contributed by atoms with Crippen molar-refractivity contribution in [3.8, 4) is 0 Å². The molecule has 0 N–H and O–H groups in total. The van der Waals surface area contributed by atoms with Crippen LogP contribution in [-0.4, -0.2) is 52.2 Å². The Hall–Kier alpha value is 0.347. The minimum atomic E-state index is -2.80. The molecule has 104 valence electrons. The molecule has 0 aromatic heterocycles. The molecule has 0 fully saturated rings. The summed E-state index contributed by atoms with van der Waals surface area (Å²) in [5.74, 6) is 0. The third-order valence-corrected chi connectivity index (χ3v) is 6.83. The minimum absolute atomic E-state index is 0.0763. The van der Waals surface area contributed by atoms with Gasteiger partial charge in [-0.25, -0.2) is 0 Å². The Morgan fingerprint density at radius 3 is 1.88 bits per heavy atom. The lowest BCUT2D eigenvalue weighted by atomic mass is 10.6. The van der Waals surface area contributed by atoms with Crippen LogP contribution in [0.4, 0.5) is 0 Å². The quantitative estimate of drug-likeness (QED) is 0.370. The van der Waals surface area contributed by atoms with Crippen LogP contribution in [0.5, 0.6) is 0 Å². The number of rotatable bonds is 9. The van der Waals surface area contributed by atoms with Crippen LogP contribution >= 0.6 is 11.6 Å². The fraction of sp³-hybridized carbons (Fsp3) is 1.00. The van der Waals surface area contributed by atoms with Crippen molar-refractivity contribution < 1.29 is 13.3 Å². The van der Waals surface area contributed by atoms with Gasteiger partial charge in [0.15, 0.2) is 0 Å². The molecule has 2 unspecified atom stereocenters. The van der Waals surface area contributed by atoms with Crippen LogP contribution in [0.2, 0.25) is 0 Å². The van der Waals surface area contributed by atoms with E-state index in [9.17, 15) is 0 Å². The van der Waals surface area contributed by atoms with E-state index in [0.717, 1.165) is 6.42 Å². The average molecular weight is 284 g/mol. The second kappa shape index (κ2) is 8.45. The van der Waals surface area contributed by atoms with Gasteiger partial charge in [-0.05, 0) is 41.3 Å². The summed E-state index contributed by atoms with van der Waals surface area (Å²) in [5.41, 5.74) is 0. The van der Waals surface area contributed by atoms with Gasteiger partial charge in [-0.15, -0.1) is 11.6 Å². The van der Waals surface area contributed by atoms with Gasteiger partial charge in [-0.2, -0.15) is 0 Å². The predicted octanol–water partition coefficient (Wildman–Crippen LogP) is 2.48. The summed E-state index contributed by atoms with van der Waals surface area (Å²) < 4.78 is 17.6. The summed E-state index contributed by atoms with van der Waals surface area (Å²) in [6.45, 7) is 8.96. The van der Waals surface area contributed by atoms with Crippen molar-refractivity contribution in [3.63, 3.8) is 0 Å². The average Bonchev–Trinajstić information content (AvgIpc) is 2.28. The first-order valence-corrected chi connectivity index (χ1v) is 8.43. The predicted molar refractivity (Wildman–Crippen MR) is 73.2 cm³/mol. The van der Waals surface area contributed by atoms with E-state index in [1.165, 1.54) is 0 Å². The van der Waals surface area contributed by atoms with Gasteiger partial charge in [0.1, 0.15) is 11.2 Å². The van der Waals surface area contributed by atoms with Crippen molar-refractivity contribution in [1.82, 2.24) is 4.90 Å². The van der Waals surface area contributed by atoms with Gasteiger partial charge in [0, 0.05) is 13.2 Å². The lowest BCUT2D eigenvalue weighted by Crippen LogP contribution is -2.57. The highest BCUT2D eigenvalue weighted by molar-refractivity contribution is 6.71. The molecule has 0 amide bonds. The van der Waals surface area contributed by atoms with E-state index in [-0.39, 0.29) is 11.2 Å². The molecule has 0 aliphatic rings. The maximum absolute atomic E-state index is 6.36. The molecule has 0 saturated heterocycles.